The highest BCUT2D eigenvalue weighted by molar-refractivity contribution is 7.98. The number of imide groups is 1. The average molecular weight is 1530 g/mol. The Balaban J connectivity index is 1.23. The van der Waals surface area contributed by atoms with Gasteiger partial charge >= 0.3 is 17.9 Å². The number of nitrogens with one attached hydrogen (secondary N) is 10. The zero-order valence-electron chi connectivity index (χ0n) is 61.1. The monoisotopic (exact) mass is 1530 g/mol. The van der Waals surface area contributed by atoms with E-state index in [4.69, 9.17) is 17.2 Å². The Morgan fingerprint density at radius 3 is 1.72 bits per heavy atom. The minimum Gasteiger partial charge on any atom is -0.480 e. The van der Waals surface area contributed by atoms with Crippen LogP contribution in [0.4, 0.5) is 5.69 Å². The van der Waals surface area contributed by atoms with E-state index in [1.165, 1.54) is 68.0 Å². The van der Waals surface area contributed by atoms with E-state index < -0.39 is 164 Å². The number of hydrogen-bond donors (Lipinski definition) is 16. The molecule has 39 heteroatoms. The van der Waals surface area contributed by atoms with E-state index in [1.54, 1.807) is 63.9 Å². The highest BCUT2D eigenvalue weighted by atomic mass is 32.2. The van der Waals surface area contributed by atoms with Gasteiger partial charge in [0.2, 0.25) is 53.2 Å². The third-order valence-electron chi connectivity index (χ3n) is 17.6. The summed E-state index contributed by atoms with van der Waals surface area (Å²) in [4.78, 5) is 212. The number of imidazole rings is 2. The number of anilines is 1. The summed E-state index contributed by atoms with van der Waals surface area (Å²) in [6.07, 6.45) is 7.99. The number of primary amides is 1. The van der Waals surface area contributed by atoms with Crippen molar-refractivity contribution in [1.82, 2.24) is 86.3 Å². The number of hydrogen-bond acceptors (Lipinski definition) is 23. The van der Waals surface area contributed by atoms with E-state index in [1.807, 2.05) is 20.1 Å². The number of carbonyl (C=O) groups excluding carboxylic acids is 11. The molecule has 1 aliphatic rings. The van der Waals surface area contributed by atoms with Crippen LogP contribution in [-0.4, -0.2) is 293 Å². The third kappa shape index (κ3) is 27.5. The van der Waals surface area contributed by atoms with E-state index >= 15 is 4.79 Å². The molecule has 19 N–H and O–H groups in total. The Hall–Kier alpha value is -10.9. The van der Waals surface area contributed by atoms with Gasteiger partial charge in [0.05, 0.1) is 63.2 Å². The SMILES string of the molecule is CSCC[C@H](NC(=O)[C@H](CC(C)C)NC(=O)[C@H](Cc1c[nH]cn1)NC(=O)CNC(=O)[C@@H](NC(=O)[C@H](C)NC(=O)[C@H](Cc1c[nH]c2ccccc12)NC(=O)[C@H](Cc1cncn1NC(=O)CN1CCN(CC(=O)O)CCN(CC(=O)O)CCN(CC(=O)O)CC1)N(C(=O)CN)C(=O)c1ccc(N)cc1)C(C)C)C(N)=O. The fraction of sp³-hybridized carbons (Fsp3) is 0.507. The van der Waals surface area contributed by atoms with Crippen LogP contribution in [-0.2, 0) is 81.6 Å². The molecule has 11 amide bonds. The largest absolute Gasteiger partial charge is 0.480 e. The second-order valence-corrected chi connectivity index (χ2v) is 27.8. The quantitative estimate of drug-likeness (QED) is 0.0168. The standard InChI is InChI=1S/C69H99N21O17S/c1-40(2)25-51(65(103)80-50(62(72)100)15-24-108-6)81-66(104)53(27-46-31-73-38-77-46)79-55(91)33-76-68(106)61(41(3)4)83-63(101)42(5)78-64(102)52(26-44-30-75-49-10-8-7-9-48(44)49)82-67(105)54(90(57(93)29-70)69(107)43-11-13-45(71)14-12-43)28-47-32-74-39-89(47)84-56(92)34-85-16-18-86(35-58(94)95)20-22-88(37-60(98)99)23-21-87(19-17-85)36-59(96)97/h7-14,30-32,38-42,50-54,61,75H,15-29,33-37,70-71H2,1-6H3,(H2,72,100)(H,73,77)(H,76,106)(H,78,102)(H,79,91)(H,80,103)(H,81,104)(H,82,105)(H,83,101)(H,84,92)(H,94,95)(H,96,97)(H,98,99)/t42-,50-,51-,52-,53-,54-,61-/m0/s1. The van der Waals surface area contributed by atoms with E-state index in [0.29, 0.717) is 32.8 Å². The van der Waals surface area contributed by atoms with Crippen molar-refractivity contribution in [2.24, 2.45) is 23.3 Å². The molecule has 108 heavy (non-hydrogen) atoms. The minimum atomic E-state index is -1.91. The molecule has 1 fully saturated rings. The van der Waals surface area contributed by atoms with Gasteiger partial charge in [-0.05, 0) is 79.5 Å². The number of amides is 11. The smallest absolute Gasteiger partial charge is 0.317 e. The van der Waals surface area contributed by atoms with Crippen LogP contribution in [0.15, 0.2) is 79.8 Å². The van der Waals surface area contributed by atoms with Crippen molar-refractivity contribution in [3.05, 3.63) is 102 Å². The Morgan fingerprint density at radius 2 is 1.18 bits per heavy atom. The molecule has 5 aromatic rings. The number of para-hydroxylation sites is 1. The Kier molecular flexibility index (Phi) is 33.8. The van der Waals surface area contributed by atoms with E-state index in [9.17, 15) is 77.6 Å². The molecule has 7 atom stereocenters. The van der Waals surface area contributed by atoms with Crippen molar-refractivity contribution in [2.45, 2.75) is 109 Å². The molecule has 38 nitrogen and oxygen atoms in total. The third-order valence-corrected chi connectivity index (χ3v) is 18.2. The number of carbonyl (C=O) groups is 14. The highest BCUT2D eigenvalue weighted by Gasteiger charge is 2.39. The van der Waals surface area contributed by atoms with Crippen LogP contribution in [0.5, 0.6) is 0 Å². The fourth-order valence-corrected chi connectivity index (χ4v) is 12.3. The molecule has 3 aromatic heterocycles. The maximum absolute atomic E-state index is 15.5. The zero-order valence-corrected chi connectivity index (χ0v) is 61.9. The molecule has 1 aliphatic heterocycles. The first-order chi connectivity index (χ1) is 51.3. The van der Waals surface area contributed by atoms with Gasteiger partial charge in [-0.25, -0.2) is 14.6 Å². The summed E-state index contributed by atoms with van der Waals surface area (Å²) < 4.78 is 1.13. The molecule has 6 rings (SSSR count). The number of aromatic amines is 2. The van der Waals surface area contributed by atoms with E-state index in [0.717, 1.165) is 4.68 Å². The molecular formula is C69H99N21O17S. The number of fused-ring (bicyclic) bond motifs is 1. The van der Waals surface area contributed by atoms with Crippen LogP contribution in [0, 0.1) is 11.8 Å². The summed E-state index contributed by atoms with van der Waals surface area (Å²) in [5.74, 6) is -13.4. The van der Waals surface area contributed by atoms with Crippen molar-refractivity contribution >= 4 is 111 Å². The number of thioether (sulfide) groups is 1. The van der Waals surface area contributed by atoms with Crippen LogP contribution in [0.25, 0.3) is 10.9 Å². The number of nitrogens with two attached hydrogens (primary N) is 3. The first kappa shape index (κ1) is 86.1. The van der Waals surface area contributed by atoms with Gasteiger partial charge in [-0.15, -0.1) is 0 Å². The number of aromatic nitrogens is 5. The van der Waals surface area contributed by atoms with Crippen molar-refractivity contribution in [1.29, 1.82) is 0 Å². The molecule has 0 unspecified atom stereocenters. The molecule has 0 radical (unpaired) electrons. The van der Waals surface area contributed by atoms with Gasteiger partial charge in [-0.3, -0.25) is 97.0 Å². The summed E-state index contributed by atoms with van der Waals surface area (Å²) in [6, 6.07) is 2.49. The van der Waals surface area contributed by atoms with Gasteiger partial charge in [0, 0.05) is 106 Å². The van der Waals surface area contributed by atoms with E-state index in [-0.39, 0.29) is 114 Å². The maximum Gasteiger partial charge on any atom is 0.317 e. The van der Waals surface area contributed by atoms with Crippen LogP contribution < -0.4 is 59.8 Å². The lowest BCUT2D eigenvalue weighted by atomic mass is 10.0. The van der Waals surface area contributed by atoms with Gasteiger partial charge in [-0.2, -0.15) is 11.8 Å². The number of carboxylic acid groups (broad SMARTS) is 3. The van der Waals surface area contributed by atoms with Crippen molar-refractivity contribution in [3.8, 4) is 0 Å². The fourth-order valence-electron chi connectivity index (χ4n) is 11.8. The van der Waals surface area contributed by atoms with Crippen molar-refractivity contribution < 1.29 is 82.4 Å². The highest BCUT2D eigenvalue weighted by Crippen LogP contribution is 2.22. The second kappa shape index (κ2) is 42.5. The van der Waals surface area contributed by atoms with E-state index in [2.05, 4.69) is 62.6 Å². The summed E-state index contributed by atoms with van der Waals surface area (Å²) in [6.45, 7) is 5.84. The van der Waals surface area contributed by atoms with Gasteiger partial charge in [0.15, 0.2) is 0 Å². The molecular weight excluding hydrogens is 1430 g/mol. The maximum atomic E-state index is 15.5. The van der Waals surface area contributed by atoms with Crippen LogP contribution in [0.2, 0.25) is 0 Å². The lowest BCUT2D eigenvalue weighted by Gasteiger charge is -2.33. The summed E-state index contributed by atoms with van der Waals surface area (Å²) >= 11 is 1.45. The molecule has 4 heterocycles. The van der Waals surface area contributed by atoms with Crippen LogP contribution >= 0.6 is 11.8 Å². The topological polar surface area (TPSA) is 552 Å². The average Bonchev–Trinajstić information content (AvgIpc) is 1.53. The van der Waals surface area contributed by atoms with Gasteiger partial charge < -0.3 is 79.7 Å². The molecule has 588 valence electrons. The lowest BCUT2D eigenvalue weighted by molar-refractivity contribution is -0.140. The first-order valence-electron chi connectivity index (χ1n) is 35.0. The Bertz CT molecular complexity index is 3900. The molecule has 0 saturated carbocycles. The normalized spacial score (nSPS) is 15.5. The first-order valence-corrected chi connectivity index (χ1v) is 36.4. The summed E-state index contributed by atoms with van der Waals surface area (Å²) in [5, 5.41) is 48.1. The predicted octanol–water partition coefficient (Wildman–Crippen LogP) is -3.78. The molecule has 0 bridgehead atoms. The number of benzene rings is 2. The predicted molar refractivity (Wildman–Crippen MR) is 395 cm³/mol. The summed E-state index contributed by atoms with van der Waals surface area (Å²) in [5.41, 5.74) is 21.9. The Morgan fingerprint density at radius 1 is 0.620 bits per heavy atom. The van der Waals surface area contributed by atoms with Gasteiger partial charge in [0.1, 0.15) is 48.6 Å². The lowest BCUT2D eigenvalue weighted by Crippen LogP contribution is -2.60. The Labute approximate surface area is 626 Å². The van der Waals surface area contributed by atoms with Crippen LogP contribution in [0.3, 0.4) is 0 Å². The van der Waals surface area contributed by atoms with Gasteiger partial charge in [-0.1, -0.05) is 45.9 Å². The number of carboxylic acids is 3. The number of rotatable bonds is 39. The number of aliphatic carboxylic acids is 3. The van der Waals surface area contributed by atoms with Gasteiger partial charge in [0.25, 0.3) is 11.8 Å². The zero-order chi connectivity index (χ0) is 79.3. The molecule has 1 saturated heterocycles. The van der Waals surface area contributed by atoms with Crippen molar-refractivity contribution in [2.75, 3.05) is 115 Å². The van der Waals surface area contributed by atoms with Crippen molar-refractivity contribution in [3.63, 3.8) is 0 Å². The number of H-pyrrole nitrogens is 2. The summed E-state index contributed by atoms with van der Waals surface area (Å²) in [7, 11) is 0. The number of nitrogen functional groups attached to an aromatic ring is 1. The number of nitrogens with zero attached hydrogens (tertiary/aromatic N) is 8. The van der Waals surface area contributed by atoms with Crippen LogP contribution in [0.1, 0.15) is 74.8 Å². The molecule has 0 spiro atoms. The molecule has 2 aromatic carbocycles. The minimum absolute atomic E-state index is 0.0148. The molecule has 0 aliphatic carbocycles. The second-order valence-electron chi connectivity index (χ2n) is 26.8.